The van der Waals surface area contributed by atoms with Crippen molar-refractivity contribution in [2.75, 3.05) is 0 Å². The van der Waals surface area contributed by atoms with Gasteiger partial charge in [-0.2, -0.15) is 18.4 Å². The molecular weight excluding hydrogens is 449 g/mol. The van der Waals surface area contributed by atoms with Gasteiger partial charge in [-0.1, -0.05) is 29.8 Å². The summed E-state index contributed by atoms with van der Waals surface area (Å²) in [5.74, 6) is 0.275. The minimum atomic E-state index is -4.38. The van der Waals surface area contributed by atoms with Gasteiger partial charge in [0.25, 0.3) is 0 Å². The number of pyridine rings is 1. The smallest absolute Gasteiger partial charge is 0.334 e. The molecule has 2 heterocycles. The van der Waals surface area contributed by atoms with Crippen LogP contribution < -0.4 is 0 Å². The molecule has 0 saturated heterocycles. The van der Waals surface area contributed by atoms with Crippen LogP contribution in [0, 0.1) is 25.2 Å². The molecule has 33 heavy (non-hydrogen) atoms. The molecule has 8 heteroatoms. The highest BCUT2D eigenvalue weighted by Gasteiger charge is 2.30. The number of hydrogen-bond donors (Lipinski definition) is 0. The van der Waals surface area contributed by atoms with Crippen LogP contribution >= 0.6 is 11.6 Å². The predicted octanol–water partition coefficient (Wildman–Crippen LogP) is 6.50. The lowest BCUT2D eigenvalue weighted by atomic mass is 9.94. The first-order valence-electron chi connectivity index (χ1n) is 10.2. The number of halogens is 4. The van der Waals surface area contributed by atoms with E-state index in [1.165, 1.54) is 12.1 Å². The summed E-state index contributed by atoms with van der Waals surface area (Å²) in [5.41, 5.74) is 3.69. The molecule has 0 aliphatic heterocycles. The fourth-order valence-corrected chi connectivity index (χ4v) is 4.25. The summed E-state index contributed by atoms with van der Waals surface area (Å²) in [6.07, 6.45) is -2.34. The molecule has 4 rings (SSSR count). The van der Waals surface area contributed by atoms with E-state index >= 15 is 0 Å². The SMILES string of the molecule is Cc1nc2ccc(C(C#N)c3cnc(C)n3C)cc2c(Cl)c1Cc1ccc(C(F)(F)F)cc1. The minimum Gasteiger partial charge on any atom is -0.334 e. The molecule has 2 aromatic carbocycles. The van der Waals surface area contributed by atoms with Crippen molar-refractivity contribution >= 4 is 22.5 Å². The molecule has 0 radical (unpaired) electrons. The van der Waals surface area contributed by atoms with Crippen molar-refractivity contribution < 1.29 is 13.2 Å². The monoisotopic (exact) mass is 468 g/mol. The van der Waals surface area contributed by atoms with Gasteiger partial charge in [-0.05, 0) is 54.8 Å². The fraction of sp³-hybridized carbons (Fsp3) is 0.240. The Hall–Kier alpha value is -3.37. The Bertz CT molecular complexity index is 1380. The first kappa shape index (κ1) is 22.8. The van der Waals surface area contributed by atoms with Crippen molar-refractivity contribution in [2.24, 2.45) is 7.05 Å². The van der Waals surface area contributed by atoms with Crippen molar-refractivity contribution in [1.29, 1.82) is 5.26 Å². The van der Waals surface area contributed by atoms with Gasteiger partial charge in [-0.3, -0.25) is 4.98 Å². The summed E-state index contributed by atoms with van der Waals surface area (Å²) in [5, 5.41) is 11.0. The van der Waals surface area contributed by atoms with Gasteiger partial charge in [0.15, 0.2) is 0 Å². The molecule has 168 valence electrons. The van der Waals surface area contributed by atoms with Crippen LogP contribution in [0.5, 0.6) is 0 Å². The number of fused-ring (bicyclic) bond motifs is 1. The highest BCUT2D eigenvalue weighted by molar-refractivity contribution is 6.36. The second-order valence-corrected chi connectivity index (χ2v) is 8.37. The Balaban J connectivity index is 1.75. The third kappa shape index (κ3) is 4.31. The zero-order chi connectivity index (χ0) is 23.9. The molecule has 1 atom stereocenters. The Labute approximate surface area is 194 Å². The molecule has 0 spiro atoms. The molecule has 4 nitrogen and oxygen atoms in total. The lowest BCUT2D eigenvalue weighted by Crippen LogP contribution is -2.06. The third-order valence-corrected chi connectivity index (χ3v) is 6.36. The predicted molar refractivity (Wildman–Crippen MR) is 121 cm³/mol. The van der Waals surface area contributed by atoms with Gasteiger partial charge in [0.05, 0.1) is 34.1 Å². The lowest BCUT2D eigenvalue weighted by molar-refractivity contribution is -0.137. The first-order chi connectivity index (χ1) is 15.6. The number of hydrogen-bond acceptors (Lipinski definition) is 3. The van der Waals surface area contributed by atoms with Crippen LogP contribution in [0.3, 0.4) is 0 Å². The normalized spacial score (nSPS) is 12.7. The molecule has 0 aliphatic carbocycles. The number of nitriles is 1. The zero-order valence-corrected chi connectivity index (χ0v) is 19.0. The van der Waals surface area contributed by atoms with Crippen molar-refractivity contribution in [2.45, 2.75) is 32.4 Å². The number of imidazole rings is 1. The van der Waals surface area contributed by atoms with Gasteiger partial charge in [0, 0.05) is 24.5 Å². The van der Waals surface area contributed by atoms with Gasteiger partial charge in [0.1, 0.15) is 11.7 Å². The standard InChI is InChI=1S/C25H20ClF3N4/c1-14-19(10-16-4-7-18(8-5-16)25(27,28)29)24(26)20-11-17(6-9-22(20)32-14)21(12-30)23-13-31-15(2)33(23)3/h4-9,11,13,21H,10H2,1-3H3. The van der Waals surface area contributed by atoms with Gasteiger partial charge >= 0.3 is 6.18 Å². The van der Waals surface area contributed by atoms with E-state index < -0.39 is 17.7 Å². The first-order valence-corrected chi connectivity index (χ1v) is 10.6. The van der Waals surface area contributed by atoms with Gasteiger partial charge < -0.3 is 4.57 Å². The molecule has 1 unspecified atom stereocenters. The fourth-order valence-electron chi connectivity index (χ4n) is 3.90. The average Bonchev–Trinajstić information content (AvgIpc) is 3.10. The second kappa shape index (κ2) is 8.53. The van der Waals surface area contributed by atoms with E-state index in [0.717, 1.165) is 34.8 Å². The van der Waals surface area contributed by atoms with Crippen LogP contribution in [0.15, 0.2) is 48.7 Å². The molecular formula is C25H20ClF3N4. The van der Waals surface area contributed by atoms with Gasteiger partial charge in [-0.15, -0.1) is 0 Å². The summed E-state index contributed by atoms with van der Waals surface area (Å²) >= 11 is 6.78. The average molecular weight is 469 g/mol. The van der Waals surface area contributed by atoms with Crippen LogP contribution in [0.4, 0.5) is 13.2 Å². The second-order valence-electron chi connectivity index (χ2n) is 7.99. The molecule has 4 aromatic rings. The highest BCUT2D eigenvalue weighted by Crippen LogP contribution is 2.34. The van der Waals surface area contributed by atoms with Gasteiger partial charge in [-0.25, -0.2) is 4.98 Å². The van der Waals surface area contributed by atoms with Crippen LogP contribution in [0.25, 0.3) is 10.9 Å². The van der Waals surface area contributed by atoms with Crippen molar-refractivity contribution in [3.05, 3.63) is 93.2 Å². The maximum absolute atomic E-state index is 12.9. The quantitative estimate of drug-likeness (QED) is 0.343. The topological polar surface area (TPSA) is 54.5 Å². The number of rotatable bonds is 4. The van der Waals surface area contributed by atoms with E-state index in [-0.39, 0.29) is 0 Å². The third-order valence-electron chi connectivity index (χ3n) is 5.92. The summed E-state index contributed by atoms with van der Waals surface area (Å²) < 4.78 is 40.5. The molecule has 2 aromatic heterocycles. The summed E-state index contributed by atoms with van der Waals surface area (Å²) in [7, 11) is 1.86. The Morgan fingerprint density at radius 3 is 2.39 bits per heavy atom. The van der Waals surface area contributed by atoms with Crippen LogP contribution in [0.1, 0.15) is 45.4 Å². The number of nitrogens with zero attached hydrogens (tertiary/aromatic N) is 4. The van der Waals surface area contributed by atoms with Crippen molar-refractivity contribution in [1.82, 2.24) is 14.5 Å². The van der Waals surface area contributed by atoms with Gasteiger partial charge in [0.2, 0.25) is 0 Å². The summed E-state index contributed by atoms with van der Waals surface area (Å²) in [6.45, 7) is 3.70. The van der Waals surface area contributed by atoms with E-state index in [9.17, 15) is 18.4 Å². The molecule has 0 amide bonds. The lowest BCUT2D eigenvalue weighted by Gasteiger charge is -2.15. The minimum absolute atomic E-state index is 0.346. The molecule has 0 saturated carbocycles. The van der Waals surface area contributed by atoms with Crippen molar-refractivity contribution in [3.8, 4) is 6.07 Å². The Morgan fingerprint density at radius 1 is 1.12 bits per heavy atom. The van der Waals surface area contributed by atoms with Crippen LogP contribution in [-0.2, 0) is 19.6 Å². The zero-order valence-electron chi connectivity index (χ0n) is 18.2. The Kier molecular flexibility index (Phi) is 5.89. The maximum Gasteiger partial charge on any atom is 0.416 e. The summed E-state index contributed by atoms with van der Waals surface area (Å²) in [4.78, 5) is 8.93. The van der Waals surface area contributed by atoms with E-state index in [0.29, 0.717) is 33.6 Å². The van der Waals surface area contributed by atoms with E-state index in [2.05, 4.69) is 16.0 Å². The number of aryl methyl sites for hydroxylation is 2. The molecule has 0 fully saturated rings. The Morgan fingerprint density at radius 2 is 1.82 bits per heavy atom. The largest absolute Gasteiger partial charge is 0.416 e. The highest BCUT2D eigenvalue weighted by atomic mass is 35.5. The van der Waals surface area contributed by atoms with Crippen molar-refractivity contribution in [3.63, 3.8) is 0 Å². The van der Waals surface area contributed by atoms with E-state index in [1.54, 1.807) is 6.20 Å². The van der Waals surface area contributed by atoms with Crippen LogP contribution in [0.2, 0.25) is 5.02 Å². The van der Waals surface area contributed by atoms with Crippen LogP contribution in [-0.4, -0.2) is 14.5 Å². The number of alkyl halides is 3. The maximum atomic E-state index is 12.9. The molecule has 0 N–H and O–H groups in total. The molecule has 0 bridgehead atoms. The number of aromatic nitrogens is 3. The number of benzene rings is 2. The molecule has 0 aliphatic rings. The van der Waals surface area contributed by atoms with E-state index in [1.807, 2.05) is 43.7 Å². The summed E-state index contributed by atoms with van der Waals surface area (Å²) in [6, 6.07) is 12.9. The van der Waals surface area contributed by atoms with E-state index in [4.69, 9.17) is 11.6 Å².